The van der Waals surface area contributed by atoms with Gasteiger partial charge in [-0.2, -0.15) is 5.10 Å². The molecule has 2 N–H and O–H groups in total. The van der Waals surface area contributed by atoms with Crippen molar-refractivity contribution in [1.82, 2.24) is 20.1 Å². The molecule has 0 bridgehead atoms. The van der Waals surface area contributed by atoms with Crippen LogP contribution in [-0.2, 0) is 16.1 Å². The number of fused-ring (bicyclic) bond motifs is 1. The standard InChI is InChI=1S/C21H27N5O4/c1-2-22-20(28)10-26-21(29)6-4-18(24-26)14-3-5-19(23-8-14)25-9-15-7-16(15)12-30-13-17(25)11-27/h3-6,8,15-17,27H,2,7,9-13H2,1H3,(H,22,28). The number of aliphatic hydroxyl groups excluding tert-OH is 1. The molecule has 30 heavy (non-hydrogen) atoms. The van der Waals surface area contributed by atoms with E-state index in [9.17, 15) is 14.7 Å². The smallest absolute Gasteiger partial charge is 0.267 e. The summed E-state index contributed by atoms with van der Waals surface area (Å²) in [4.78, 5) is 30.6. The number of anilines is 1. The highest BCUT2D eigenvalue weighted by Gasteiger charge is 2.41. The van der Waals surface area contributed by atoms with E-state index in [1.807, 2.05) is 19.1 Å². The topological polar surface area (TPSA) is 110 Å². The highest BCUT2D eigenvalue weighted by atomic mass is 16.5. The number of carbonyl (C=O) groups is 1. The van der Waals surface area contributed by atoms with Gasteiger partial charge in [-0.25, -0.2) is 9.67 Å². The lowest BCUT2D eigenvalue weighted by molar-refractivity contribution is -0.121. The Kier molecular flexibility index (Phi) is 6.10. The minimum atomic E-state index is -0.333. The van der Waals surface area contributed by atoms with Crippen molar-refractivity contribution in [3.63, 3.8) is 0 Å². The predicted octanol–water partition coefficient (Wildman–Crippen LogP) is 0.275. The number of likely N-dealkylation sites (N-methyl/N-ethyl adjacent to an activating group) is 1. The first-order chi connectivity index (χ1) is 14.6. The van der Waals surface area contributed by atoms with Crippen LogP contribution < -0.4 is 15.8 Å². The summed E-state index contributed by atoms with van der Waals surface area (Å²) in [5.74, 6) is 1.72. The van der Waals surface area contributed by atoms with Crippen LogP contribution in [0.25, 0.3) is 11.3 Å². The molecule has 1 saturated carbocycles. The zero-order chi connectivity index (χ0) is 21.1. The zero-order valence-corrected chi connectivity index (χ0v) is 17.0. The second-order valence-corrected chi connectivity index (χ2v) is 7.86. The first-order valence-electron chi connectivity index (χ1n) is 10.4. The lowest BCUT2D eigenvalue weighted by Gasteiger charge is -2.33. The van der Waals surface area contributed by atoms with Crippen LogP contribution in [0, 0.1) is 11.8 Å². The molecule has 2 fully saturated rings. The zero-order valence-electron chi connectivity index (χ0n) is 17.0. The van der Waals surface area contributed by atoms with Crippen molar-refractivity contribution in [3.05, 3.63) is 40.8 Å². The molecule has 0 aromatic carbocycles. The van der Waals surface area contributed by atoms with E-state index in [4.69, 9.17) is 4.74 Å². The summed E-state index contributed by atoms with van der Waals surface area (Å²) in [5, 5.41) is 16.8. The predicted molar refractivity (Wildman–Crippen MR) is 111 cm³/mol. The van der Waals surface area contributed by atoms with Crippen LogP contribution in [-0.4, -0.2) is 64.7 Å². The maximum absolute atomic E-state index is 12.0. The molecule has 0 spiro atoms. The van der Waals surface area contributed by atoms with E-state index in [1.165, 1.54) is 6.07 Å². The minimum Gasteiger partial charge on any atom is -0.394 e. The molecule has 1 aliphatic heterocycles. The highest BCUT2D eigenvalue weighted by Crippen LogP contribution is 2.41. The third-order valence-electron chi connectivity index (χ3n) is 5.67. The van der Waals surface area contributed by atoms with Crippen LogP contribution in [0.3, 0.4) is 0 Å². The van der Waals surface area contributed by atoms with Crippen molar-refractivity contribution in [1.29, 1.82) is 0 Å². The van der Waals surface area contributed by atoms with Gasteiger partial charge in [-0.05, 0) is 43.4 Å². The van der Waals surface area contributed by atoms with Crippen molar-refractivity contribution < 1.29 is 14.6 Å². The average molecular weight is 413 g/mol. The number of hydrogen-bond donors (Lipinski definition) is 2. The quantitative estimate of drug-likeness (QED) is 0.700. The van der Waals surface area contributed by atoms with E-state index in [0.717, 1.165) is 35.6 Å². The summed E-state index contributed by atoms with van der Waals surface area (Å²) in [6.07, 6.45) is 2.86. The maximum Gasteiger partial charge on any atom is 0.267 e. The Hall–Kier alpha value is -2.78. The normalized spacial score (nSPS) is 23.3. The molecule has 2 aliphatic rings. The SMILES string of the molecule is CCNC(=O)Cn1nc(-c2ccc(N3CC4CC4COCC3CO)nc2)ccc1=O. The number of rotatable bonds is 6. The van der Waals surface area contributed by atoms with E-state index in [0.29, 0.717) is 30.7 Å². The Morgan fingerprint density at radius 1 is 1.27 bits per heavy atom. The second-order valence-electron chi connectivity index (χ2n) is 7.86. The van der Waals surface area contributed by atoms with E-state index in [-0.39, 0.29) is 30.7 Å². The first-order valence-corrected chi connectivity index (χ1v) is 10.4. The molecule has 1 aliphatic carbocycles. The molecule has 1 saturated heterocycles. The Balaban J connectivity index is 1.54. The number of aliphatic hydroxyl groups is 1. The Morgan fingerprint density at radius 3 is 2.87 bits per heavy atom. The fraction of sp³-hybridized carbons (Fsp3) is 0.524. The van der Waals surface area contributed by atoms with Gasteiger partial charge < -0.3 is 20.1 Å². The number of hydrogen-bond acceptors (Lipinski definition) is 7. The van der Waals surface area contributed by atoms with Crippen LogP contribution in [0.2, 0.25) is 0 Å². The Labute approximate surface area is 174 Å². The monoisotopic (exact) mass is 413 g/mol. The molecule has 3 heterocycles. The van der Waals surface area contributed by atoms with Gasteiger partial charge >= 0.3 is 0 Å². The minimum absolute atomic E-state index is 0.00710. The molecule has 160 valence electrons. The second kappa shape index (κ2) is 8.93. The van der Waals surface area contributed by atoms with Gasteiger partial charge in [0, 0.05) is 37.5 Å². The maximum atomic E-state index is 12.0. The third-order valence-corrected chi connectivity index (χ3v) is 5.67. The van der Waals surface area contributed by atoms with E-state index < -0.39 is 0 Å². The van der Waals surface area contributed by atoms with E-state index in [1.54, 1.807) is 12.3 Å². The van der Waals surface area contributed by atoms with Gasteiger partial charge in [-0.3, -0.25) is 9.59 Å². The third kappa shape index (κ3) is 4.52. The molecule has 3 unspecified atom stereocenters. The van der Waals surface area contributed by atoms with Crippen LogP contribution >= 0.6 is 0 Å². The van der Waals surface area contributed by atoms with Crippen molar-refractivity contribution >= 4 is 11.7 Å². The molecule has 3 atom stereocenters. The van der Waals surface area contributed by atoms with Gasteiger partial charge in [-0.15, -0.1) is 0 Å². The molecule has 0 radical (unpaired) electrons. The Bertz CT molecular complexity index is 945. The van der Waals surface area contributed by atoms with Gasteiger partial charge in [0.25, 0.3) is 5.56 Å². The number of carbonyl (C=O) groups excluding carboxylic acids is 1. The van der Waals surface area contributed by atoms with Crippen LogP contribution in [0.1, 0.15) is 13.3 Å². The van der Waals surface area contributed by atoms with Crippen molar-refractivity contribution in [2.45, 2.75) is 25.9 Å². The van der Waals surface area contributed by atoms with Gasteiger partial charge in [0.15, 0.2) is 0 Å². The number of pyridine rings is 1. The Morgan fingerprint density at radius 2 is 2.13 bits per heavy atom. The number of amides is 1. The molecular weight excluding hydrogens is 386 g/mol. The summed E-state index contributed by atoms with van der Waals surface area (Å²) < 4.78 is 6.90. The summed E-state index contributed by atoms with van der Waals surface area (Å²) in [5.41, 5.74) is 0.978. The van der Waals surface area contributed by atoms with Crippen LogP contribution in [0.4, 0.5) is 5.82 Å². The average Bonchev–Trinajstić information content (AvgIpc) is 3.47. The lowest BCUT2D eigenvalue weighted by atomic mass is 10.1. The molecule has 9 heteroatoms. The van der Waals surface area contributed by atoms with Crippen LogP contribution in [0.5, 0.6) is 0 Å². The summed E-state index contributed by atoms with van der Waals surface area (Å²) in [7, 11) is 0. The van der Waals surface area contributed by atoms with Crippen LogP contribution in [0.15, 0.2) is 35.3 Å². The first kappa shape index (κ1) is 20.5. The number of ether oxygens (including phenoxy) is 1. The molecule has 2 aromatic rings. The molecule has 9 nitrogen and oxygen atoms in total. The largest absolute Gasteiger partial charge is 0.394 e. The van der Waals surface area contributed by atoms with E-state index in [2.05, 4.69) is 20.3 Å². The summed E-state index contributed by atoms with van der Waals surface area (Å²) in [6, 6.07) is 6.70. The van der Waals surface area contributed by atoms with Gasteiger partial charge in [0.2, 0.25) is 5.91 Å². The highest BCUT2D eigenvalue weighted by molar-refractivity contribution is 5.75. The van der Waals surface area contributed by atoms with Gasteiger partial charge in [-0.1, -0.05) is 0 Å². The van der Waals surface area contributed by atoms with E-state index >= 15 is 0 Å². The van der Waals surface area contributed by atoms with Gasteiger partial charge in [0.05, 0.1) is 24.9 Å². The summed E-state index contributed by atoms with van der Waals surface area (Å²) >= 11 is 0. The van der Waals surface area contributed by atoms with Crippen molar-refractivity contribution in [2.75, 3.05) is 37.8 Å². The number of aromatic nitrogens is 3. The molecular formula is C21H27N5O4. The number of nitrogens with one attached hydrogen (secondary N) is 1. The van der Waals surface area contributed by atoms with Crippen molar-refractivity contribution in [2.24, 2.45) is 11.8 Å². The molecule has 1 amide bonds. The summed E-state index contributed by atoms with van der Waals surface area (Å²) in [6.45, 7) is 4.32. The number of nitrogens with zero attached hydrogens (tertiary/aromatic N) is 4. The molecule has 2 aromatic heterocycles. The fourth-order valence-electron chi connectivity index (χ4n) is 3.83. The lowest BCUT2D eigenvalue weighted by Crippen LogP contribution is -2.44. The fourth-order valence-corrected chi connectivity index (χ4v) is 3.83. The van der Waals surface area contributed by atoms with Gasteiger partial charge in [0.1, 0.15) is 12.4 Å². The molecule has 4 rings (SSSR count). The van der Waals surface area contributed by atoms with Crippen molar-refractivity contribution in [3.8, 4) is 11.3 Å².